The minimum absolute atomic E-state index is 0.238. The summed E-state index contributed by atoms with van der Waals surface area (Å²) in [5, 5.41) is 5.06. The topological polar surface area (TPSA) is 98.9 Å². The van der Waals surface area contributed by atoms with Gasteiger partial charge in [-0.05, 0) is 44.0 Å². The van der Waals surface area contributed by atoms with Crippen molar-refractivity contribution < 1.29 is 22.7 Å². The monoisotopic (exact) mass is 328 g/mol. The Morgan fingerprint density at radius 1 is 1.23 bits per heavy atom. The zero-order chi connectivity index (χ0) is 16.2. The van der Waals surface area contributed by atoms with E-state index < -0.39 is 10.2 Å². The number of nitrogens with two attached hydrogens (primary N) is 1. The van der Waals surface area contributed by atoms with Crippen LogP contribution in [0.15, 0.2) is 24.3 Å². The molecule has 0 aromatic heterocycles. The van der Waals surface area contributed by atoms with Gasteiger partial charge in [-0.1, -0.05) is 0 Å². The smallest absolute Gasteiger partial charge is 0.314 e. The first-order valence-electron chi connectivity index (χ1n) is 7.12. The maximum absolute atomic E-state index is 12.1. The number of piperidine rings is 1. The number of benzene rings is 1. The van der Waals surface area contributed by atoms with Crippen LogP contribution >= 0.6 is 0 Å². The van der Waals surface area contributed by atoms with Gasteiger partial charge in [0.15, 0.2) is 0 Å². The molecule has 22 heavy (non-hydrogen) atoms. The molecule has 2 rings (SSSR count). The predicted octanol–water partition coefficient (Wildman–Crippen LogP) is 0.906. The summed E-state index contributed by atoms with van der Waals surface area (Å²) in [6, 6.07) is 6.80. The van der Waals surface area contributed by atoms with Crippen molar-refractivity contribution in [2.75, 3.05) is 19.7 Å². The Balaban J connectivity index is 1.88. The molecule has 1 aliphatic rings. The van der Waals surface area contributed by atoms with Crippen LogP contribution in [0.25, 0.3) is 0 Å². The Morgan fingerprint density at radius 3 is 2.27 bits per heavy atom. The lowest BCUT2D eigenvalue weighted by atomic mass is 9.98. The first-order valence-corrected chi connectivity index (χ1v) is 8.63. The number of nitrogens with zero attached hydrogens (tertiary/aromatic N) is 1. The summed E-state index contributed by atoms with van der Waals surface area (Å²) in [7, 11) is -3.68. The molecule has 0 spiro atoms. The first-order chi connectivity index (χ1) is 10.4. The normalized spacial score (nSPS) is 17.2. The molecule has 0 atom stereocenters. The van der Waals surface area contributed by atoms with Gasteiger partial charge in [0.1, 0.15) is 11.5 Å². The molecule has 7 nitrogen and oxygen atoms in total. The average Bonchev–Trinajstić information content (AvgIpc) is 2.49. The second kappa shape index (κ2) is 7.08. The van der Waals surface area contributed by atoms with E-state index >= 15 is 0 Å². The predicted molar refractivity (Wildman–Crippen MR) is 80.7 cm³/mol. The number of esters is 1. The molecule has 0 bridgehead atoms. The molecule has 1 heterocycles. The highest BCUT2D eigenvalue weighted by atomic mass is 32.2. The SMILES string of the molecule is CCOc1ccc(OC(=O)C2CCN(S(N)(=O)=O)CC2)cc1. The number of hydrogen-bond donors (Lipinski definition) is 1. The van der Waals surface area contributed by atoms with E-state index in [9.17, 15) is 13.2 Å². The molecule has 1 fully saturated rings. The zero-order valence-corrected chi connectivity index (χ0v) is 13.2. The summed E-state index contributed by atoms with van der Waals surface area (Å²) in [4.78, 5) is 12.1. The lowest BCUT2D eigenvalue weighted by molar-refractivity contribution is -0.140. The lowest BCUT2D eigenvalue weighted by Gasteiger charge is -2.28. The third-order valence-corrected chi connectivity index (χ3v) is 4.59. The molecule has 122 valence electrons. The van der Waals surface area contributed by atoms with Crippen molar-refractivity contribution in [2.24, 2.45) is 11.1 Å². The minimum Gasteiger partial charge on any atom is -0.494 e. The Bertz CT molecular complexity index is 607. The molecule has 2 N–H and O–H groups in total. The molecule has 1 aromatic carbocycles. The van der Waals surface area contributed by atoms with Gasteiger partial charge in [0.05, 0.1) is 12.5 Å². The van der Waals surface area contributed by atoms with Crippen LogP contribution in [-0.2, 0) is 15.0 Å². The first kappa shape index (κ1) is 16.7. The second-order valence-corrected chi connectivity index (χ2v) is 6.59. The molecule has 0 amide bonds. The van der Waals surface area contributed by atoms with Crippen LogP contribution in [0.1, 0.15) is 19.8 Å². The third-order valence-electron chi connectivity index (χ3n) is 3.50. The Hall–Kier alpha value is -1.64. The van der Waals surface area contributed by atoms with Gasteiger partial charge in [-0.25, -0.2) is 5.14 Å². The number of rotatable bonds is 5. The van der Waals surface area contributed by atoms with Gasteiger partial charge in [-0.3, -0.25) is 4.79 Å². The van der Waals surface area contributed by atoms with Crippen molar-refractivity contribution in [3.8, 4) is 11.5 Å². The highest BCUT2D eigenvalue weighted by Gasteiger charge is 2.30. The molecular formula is C14H20N2O5S. The highest BCUT2D eigenvalue weighted by molar-refractivity contribution is 7.86. The van der Waals surface area contributed by atoms with E-state index in [4.69, 9.17) is 14.6 Å². The van der Waals surface area contributed by atoms with Crippen LogP contribution in [0.5, 0.6) is 11.5 Å². The van der Waals surface area contributed by atoms with Crippen LogP contribution in [0.3, 0.4) is 0 Å². The van der Waals surface area contributed by atoms with Gasteiger partial charge < -0.3 is 9.47 Å². The van der Waals surface area contributed by atoms with Crippen LogP contribution in [-0.4, -0.2) is 38.4 Å². The standard InChI is InChI=1S/C14H20N2O5S/c1-2-20-12-3-5-13(6-4-12)21-14(17)11-7-9-16(10-8-11)22(15,18)19/h3-6,11H,2,7-10H2,1H3,(H2,15,18,19). The van der Waals surface area contributed by atoms with Crippen molar-refractivity contribution in [3.63, 3.8) is 0 Å². The highest BCUT2D eigenvalue weighted by Crippen LogP contribution is 2.23. The summed E-state index contributed by atoms with van der Waals surface area (Å²) < 4.78 is 34.2. The summed E-state index contributed by atoms with van der Waals surface area (Å²) in [6.07, 6.45) is 0.818. The lowest BCUT2D eigenvalue weighted by Crippen LogP contribution is -2.44. The van der Waals surface area contributed by atoms with Gasteiger partial charge in [-0.15, -0.1) is 0 Å². The van der Waals surface area contributed by atoms with Crippen molar-refractivity contribution in [3.05, 3.63) is 24.3 Å². The van der Waals surface area contributed by atoms with E-state index in [0.717, 1.165) is 0 Å². The fourth-order valence-electron chi connectivity index (χ4n) is 2.32. The third kappa shape index (κ3) is 4.43. The minimum atomic E-state index is -3.68. The summed E-state index contributed by atoms with van der Waals surface area (Å²) >= 11 is 0. The van der Waals surface area contributed by atoms with Gasteiger partial charge in [-0.2, -0.15) is 12.7 Å². The van der Waals surface area contributed by atoms with Gasteiger partial charge >= 0.3 is 5.97 Å². The molecule has 0 saturated carbocycles. The number of hydrogen-bond acceptors (Lipinski definition) is 5. The van der Waals surface area contributed by atoms with Crippen LogP contribution in [0, 0.1) is 5.92 Å². The quantitative estimate of drug-likeness (QED) is 0.640. The van der Waals surface area contributed by atoms with E-state index in [1.807, 2.05) is 6.92 Å². The summed E-state index contributed by atoms with van der Waals surface area (Å²) in [5.41, 5.74) is 0. The molecule has 1 aromatic rings. The molecule has 1 aliphatic heterocycles. The molecule has 0 radical (unpaired) electrons. The van der Waals surface area contributed by atoms with E-state index in [2.05, 4.69) is 0 Å². The van der Waals surface area contributed by atoms with Crippen molar-refractivity contribution >= 4 is 16.2 Å². The van der Waals surface area contributed by atoms with Crippen molar-refractivity contribution in [1.82, 2.24) is 4.31 Å². The van der Waals surface area contributed by atoms with E-state index in [0.29, 0.717) is 30.9 Å². The van der Waals surface area contributed by atoms with Gasteiger partial charge in [0.25, 0.3) is 10.2 Å². The largest absolute Gasteiger partial charge is 0.494 e. The second-order valence-electron chi connectivity index (χ2n) is 5.04. The van der Waals surface area contributed by atoms with Crippen molar-refractivity contribution in [2.45, 2.75) is 19.8 Å². The fourth-order valence-corrected chi connectivity index (χ4v) is 3.04. The number of carbonyl (C=O) groups excluding carboxylic acids is 1. The van der Waals surface area contributed by atoms with E-state index in [-0.39, 0.29) is 25.0 Å². The maximum atomic E-state index is 12.1. The number of carbonyl (C=O) groups is 1. The Labute approximate surface area is 130 Å². The van der Waals surface area contributed by atoms with Gasteiger partial charge in [0.2, 0.25) is 0 Å². The van der Waals surface area contributed by atoms with E-state index in [1.165, 1.54) is 4.31 Å². The number of ether oxygens (including phenoxy) is 2. The average molecular weight is 328 g/mol. The van der Waals surface area contributed by atoms with E-state index in [1.54, 1.807) is 24.3 Å². The van der Waals surface area contributed by atoms with Crippen LogP contribution < -0.4 is 14.6 Å². The zero-order valence-electron chi connectivity index (χ0n) is 12.4. The molecule has 8 heteroatoms. The molecule has 0 unspecified atom stereocenters. The van der Waals surface area contributed by atoms with Gasteiger partial charge in [0, 0.05) is 13.1 Å². The molecular weight excluding hydrogens is 308 g/mol. The Morgan fingerprint density at radius 2 is 1.77 bits per heavy atom. The Kier molecular flexibility index (Phi) is 5.38. The summed E-state index contributed by atoms with van der Waals surface area (Å²) in [6.45, 7) is 2.94. The van der Waals surface area contributed by atoms with Crippen LogP contribution in [0.4, 0.5) is 0 Å². The molecule has 1 saturated heterocycles. The maximum Gasteiger partial charge on any atom is 0.314 e. The van der Waals surface area contributed by atoms with Crippen molar-refractivity contribution in [1.29, 1.82) is 0 Å². The fraction of sp³-hybridized carbons (Fsp3) is 0.500. The van der Waals surface area contributed by atoms with Crippen LogP contribution in [0.2, 0.25) is 0 Å². The summed E-state index contributed by atoms with van der Waals surface area (Å²) in [5.74, 6) is 0.494. The molecule has 0 aliphatic carbocycles.